The molecule has 0 radical (unpaired) electrons. The summed E-state index contributed by atoms with van der Waals surface area (Å²) in [5.74, 6) is 2.30. The van der Waals surface area contributed by atoms with Crippen LogP contribution in [0.25, 0.3) is 0 Å². The Kier molecular flexibility index (Phi) is 4.55. The van der Waals surface area contributed by atoms with Crippen molar-refractivity contribution < 1.29 is 23.7 Å². The minimum absolute atomic E-state index is 0.0354. The van der Waals surface area contributed by atoms with Gasteiger partial charge < -0.3 is 23.7 Å². The molecule has 0 unspecified atom stereocenters. The van der Waals surface area contributed by atoms with E-state index in [2.05, 4.69) is 6.58 Å². The monoisotopic (exact) mass is 306 g/mol. The van der Waals surface area contributed by atoms with Crippen LogP contribution in [-0.4, -0.2) is 39.3 Å². The van der Waals surface area contributed by atoms with Crippen LogP contribution >= 0.6 is 0 Å². The summed E-state index contributed by atoms with van der Waals surface area (Å²) < 4.78 is 28.6. The first-order chi connectivity index (χ1) is 10.8. The topological polar surface area (TPSA) is 46.2 Å². The van der Waals surface area contributed by atoms with Crippen LogP contribution in [0.5, 0.6) is 17.2 Å². The largest absolute Gasteiger partial charge is 0.493 e. The molecule has 1 saturated carbocycles. The summed E-state index contributed by atoms with van der Waals surface area (Å²) in [5, 5.41) is 0. The Bertz CT molecular complexity index is 530. The molecular formula is C17H22O5. The molecule has 120 valence electrons. The van der Waals surface area contributed by atoms with E-state index in [0.717, 1.165) is 18.6 Å². The van der Waals surface area contributed by atoms with Crippen molar-refractivity contribution in [3.05, 3.63) is 30.9 Å². The van der Waals surface area contributed by atoms with Gasteiger partial charge in [0.1, 0.15) is 19.0 Å². The molecular weight excluding hydrogens is 284 g/mol. The minimum Gasteiger partial charge on any atom is -0.493 e. The number of para-hydroxylation sites is 1. The van der Waals surface area contributed by atoms with Crippen LogP contribution in [-0.2, 0) is 9.47 Å². The highest BCUT2D eigenvalue weighted by molar-refractivity contribution is 5.52. The van der Waals surface area contributed by atoms with Crippen molar-refractivity contribution in [3.63, 3.8) is 0 Å². The van der Waals surface area contributed by atoms with Crippen molar-refractivity contribution in [2.24, 2.45) is 5.92 Å². The van der Waals surface area contributed by atoms with Gasteiger partial charge in [-0.05, 0) is 18.6 Å². The molecule has 5 heteroatoms. The molecule has 0 N–H and O–H groups in total. The fourth-order valence-corrected chi connectivity index (χ4v) is 3.29. The van der Waals surface area contributed by atoms with E-state index in [1.54, 1.807) is 14.2 Å². The van der Waals surface area contributed by atoms with Crippen LogP contribution in [0, 0.1) is 5.92 Å². The van der Waals surface area contributed by atoms with E-state index >= 15 is 0 Å². The van der Waals surface area contributed by atoms with E-state index in [1.807, 2.05) is 24.3 Å². The predicted molar refractivity (Wildman–Crippen MR) is 81.5 cm³/mol. The van der Waals surface area contributed by atoms with E-state index in [1.165, 1.54) is 0 Å². The maximum Gasteiger partial charge on any atom is 0.203 e. The Morgan fingerprint density at radius 1 is 1.32 bits per heavy atom. The van der Waals surface area contributed by atoms with Crippen LogP contribution in [0.4, 0.5) is 0 Å². The molecule has 0 bridgehead atoms. The van der Waals surface area contributed by atoms with E-state index < -0.39 is 0 Å². The summed E-state index contributed by atoms with van der Waals surface area (Å²) in [5.41, 5.74) is 0. The zero-order valence-electron chi connectivity index (χ0n) is 13.0. The SMILES string of the molecule is C=CC[C@H]1[C@@H]2Oc3cccc(OC)c3O[C@@H]2C[C@@H]1OCOC. The second-order valence-electron chi connectivity index (χ2n) is 5.56. The number of rotatable bonds is 6. The Morgan fingerprint density at radius 3 is 2.91 bits per heavy atom. The zero-order chi connectivity index (χ0) is 15.5. The molecule has 4 atom stereocenters. The van der Waals surface area contributed by atoms with Gasteiger partial charge in [0, 0.05) is 19.4 Å². The van der Waals surface area contributed by atoms with Gasteiger partial charge in [0.05, 0.1) is 13.2 Å². The quantitative estimate of drug-likeness (QED) is 0.597. The van der Waals surface area contributed by atoms with Crippen LogP contribution in [0.15, 0.2) is 30.9 Å². The van der Waals surface area contributed by atoms with Gasteiger partial charge in [0.25, 0.3) is 0 Å². The normalized spacial score (nSPS) is 29.0. The van der Waals surface area contributed by atoms with Gasteiger partial charge in [0.15, 0.2) is 11.5 Å². The lowest BCUT2D eigenvalue weighted by atomic mass is 9.98. The number of ether oxygens (including phenoxy) is 5. The highest BCUT2D eigenvalue weighted by atomic mass is 16.7. The molecule has 1 heterocycles. The van der Waals surface area contributed by atoms with Gasteiger partial charge in [-0.2, -0.15) is 0 Å². The number of methoxy groups -OCH3 is 2. The van der Waals surface area contributed by atoms with Crippen LogP contribution < -0.4 is 14.2 Å². The van der Waals surface area contributed by atoms with Crippen molar-refractivity contribution in [2.75, 3.05) is 21.0 Å². The molecule has 1 aliphatic heterocycles. The number of allylic oxidation sites excluding steroid dienone is 1. The molecule has 0 saturated heterocycles. The second kappa shape index (κ2) is 6.58. The smallest absolute Gasteiger partial charge is 0.203 e. The molecule has 5 nitrogen and oxygen atoms in total. The molecule has 1 aliphatic carbocycles. The molecule has 1 aromatic carbocycles. The van der Waals surface area contributed by atoms with Crippen molar-refractivity contribution >= 4 is 0 Å². The van der Waals surface area contributed by atoms with E-state index in [-0.39, 0.29) is 31.0 Å². The summed E-state index contributed by atoms with van der Waals surface area (Å²) in [4.78, 5) is 0. The van der Waals surface area contributed by atoms with Gasteiger partial charge in [0.2, 0.25) is 5.75 Å². The first-order valence-electron chi connectivity index (χ1n) is 7.50. The van der Waals surface area contributed by atoms with Crippen molar-refractivity contribution in [3.8, 4) is 17.2 Å². The third-order valence-electron chi connectivity index (χ3n) is 4.26. The Morgan fingerprint density at radius 2 is 2.18 bits per heavy atom. The Hall–Kier alpha value is -1.72. The van der Waals surface area contributed by atoms with Gasteiger partial charge in [-0.15, -0.1) is 6.58 Å². The molecule has 2 aliphatic rings. The predicted octanol–water partition coefficient (Wildman–Crippen LogP) is 2.79. The Labute approximate surface area is 130 Å². The standard InChI is InChI=1S/C17H22O5/c1-4-6-11-14(20-10-18-2)9-15-16(11)21-13-8-5-7-12(19-3)17(13)22-15/h4-5,7-8,11,14-16H,1,6,9-10H2,2-3H3/t11-,14+,15-,16+/m1/s1. The zero-order valence-corrected chi connectivity index (χ0v) is 13.0. The first-order valence-corrected chi connectivity index (χ1v) is 7.50. The van der Waals surface area contributed by atoms with E-state index in [9.17, 15) is 0 Å². The second-order valence-corrected chi connectivity index (χ2v) is 5.56. The fraction of sp³-hybridized carbons (Fsp3) is 0.529. The van der Waals surface area contributed by atoms with E-state index in [4.69, 9.17) is 23.7 Å². The molecule has 3 rings (SSSR count). The van der Waals surface area contributed by atoms with Gasteiger partial charge in [-0.1, -0.05) is 12.1 Å². The third kappa shape index (κ3) is 2.66. The number of benzene rings is 1. The van der Waals surface area contributed by atoms with Crippen molar-refractivity contribution in [2.45, 2.75) is 31.2 Å². The molecule has 1 fully saturated rings. The van der Waals surface area contributed by atoms with Crippen LogP contribution in [0.3, 0.4) is 0 Å². The average molecular weight is 306 g/mol. The van der Waals surface area contributed by atoms with E-state index in [0.29, 0.717) is 11.5 Å². The summed E-state index contributed by atoms with van der Waals surface area (Å²) in [7, 11) is 3.25. The molecule has 0 spiro atoms. The lowest BCUT2D eigenvalue weighted by molar-refractivity contribution is -0.0888. The molecule has 1 aromatic rings. The maximum absolute atomic E-state index is 6.20. The number of fused-ring (bicyclic) bond motifs is 2. The Balaban J connectivity index is 1.83. The molecule has 0 aromatic heterocycles. The number of hydrogen-bond acceptors (Lipinski definition) is 5. The van der Waals surface area contributed by atoms with Gasteiger partial charge in [-0.25, -0.2) is 0 Å². The van der Waals surface area contributed by atoms with Crippen molar-refractivity contribution in [1.29, 1.82) is 0 Å². The fourth-order valence-electron chi connectivity index (χ4n) is 3.29. The number of hydrogen-bond donors (Lipinski definition) is 0. The maximum atomic E-state index is 6.20. The third-order valence-corrected chi connectivity index (χ3v) is 4.26. The summed E-state index contributed by atoms with van der Waals surface area (Å²) in [6.07, 6.45) is 3.44. The summed E-state index contributed by atoms with van der Waals surface area (Å²) >= 11 is 0. The van der Waals surface area contributed by atoms with Crippen LogP contribution in [0.2, 0.25) is 0 Å². The lowest BCUT2D eigenvalue weighted by Gasteiger charge is -2.32. The molecule has 0 amide bonds. The van der Waals surface area contributed by atoms with Gasteiger partial charge >= 0.3 is 0 Å². The summed E-state index contributed by atoms with van der Waals surface area (Å²) in [6.45, 7) is 4.12. The van der Waals surface area contributed by atoms with Crippen LogP contribution in [0.1, 0.15) is 12.8 Å². The average Bonchev–Trinajstić information content (AvgIpc) is 2.87. The summed E-state index contributed by atoms with van der Waals surface area (Å²) in [6, 6.07) is 5.68. The highest BCUT2D eigenvalue weighted by Crippen LogP contribution is 2.47. The minimum atomic E-state index is -0.0457. The van der Waals surface area contributed by atoms with Crippen molar-refractivity contribution in [1.82, 2.24) is 0 Å². The lowest BCUT2D eigenvalue weighted by Crippen LogP contribution is -2.39. The first kappa shape index (κ1) is 15.2. The molecule has 22 heavy (non-hydrogen) atoms. The highest BCUT2D eigenvalue weighted by Gasteiger charge is 2.49. The van der Waals surface area contributed by atoms with Gasteiger partial charge in [-0.3, -0.25) is 0 Å².